The standard InChI is InChI=1S/C17H17ClN2O4S/c1-10-15(19-11(2)21)5-4-6-16(10)20-17(22)13-9-12(25(3,23)24)7-8-14(13)18/h4-9H,1-3H3,(H,19,21)(H,20,22). The summed E-state index contributed by atoms with van der Waals surface area (Å²) in [5, 5.41) is 5.50. The van der Waals surface area contributed by atoms with Crippen molar-refractivity contribution in [2.75, 3.05) is 16.9 Å². The van der Waals surface area contributed by atoms with E-state index in [4.69, 9.17) is 11.6 Å². The van der Waals surface area contributed by atoms with Gasteiger partial charge in [-0.3, -0.25) is 9.59 Å². The van der Waals surface area contributed by atoms with Crippen LogP contribution in [0, 0.1) is 6.92 Å². The Morgan fingerprint density at radius 1 is 1.04 bits per heavy atom. The molecule has 0 bridgehead atoms. The van der Waals surface area contributed by atoms with Crippen LogP contribution in [0.25, 0.3) is 0 Å². The first-order valence-corrected chi connectivity index (χ1v) is 9.54. The first kappa shape index (κ1) is 19.0. The van der Waals surface area contributed by atoms with E-state index in [1.807, 2.05) is 0 Å². The molecule has 0 saturated carbocycles. The van der Waals surface area contributed by atoms with Crippen molar-refractivity contribution in [3.63, 3.8) is 0 Å². The summed E-state index contributed by atoms with van der Waals surface area (Å²) in [6, 6.07) is 9.02. The van der Waals surface area contributed by atoms with Crippen molar-refractivity contribution in [1.29, 1.82) is 0 Å². The fourth-order valence-electron chi connectivity index (χ4n) is 2.19. The molecule has 0 spiro atoms. The van der Waals surface area contributed by atoms with Gasteiger partial charge in [-0.2, -0.15) is 0 Å². The molecule has 0 fully saturated rings. The molecule has 2 N–H and O–H groups in total. The fraction of sp³-hybridized carbons (Fsp3) is 0.176. The number of hydrogen-bond donors (Lipinski definition) is 2. The third-order valence-corrected chi connectivity index (χ3v) is 4.94. The Morgan fingerprint density at radius 3 is 2.20 bits per heavy atom. The van der Waals surface area contributed by atoms with Crippen molar-refractivity contribution in [2.24, 2.45) is 0 Å². The molecule has 0 heterocycles. The van der Waals surface area contributed by atoms with Crippen LogP contribution < -0.4 is 10.6 Å². The van der Waals surface area contributed by atoms with E-state index in [0.29, 0.717) is 16.9 Å². The second kappa shape index (κ2) is 7.25. The number of nitrogens with one attached hydrogen (secondary N) is 2. The third-order valence-electron chi connectivity index (χ3n) is 3.50. The highest BCUT2D eigenvalue weighted by Crippen LogP contribution is 2.26. The predicted octanol–water partition coefficient (Wildman–Crippen LogP) is 3.26. The monoisotopic (exact) mass is 380 g/mol. The van der Waals surface area contributed by atoms with Crippen molar-refractivity contribution in [3.05, 3.63) is 52.5 Å². The van der Waals surface area contributed by atoms with Crippen LogP contribution in [0.2, 0.25) is 5.02 Å². The summed E-state index contributed by atoms with van der Waals surface area (Å²) in [6.07, 6.45) is 1.05. The van der Waals surface area contributed by atoms with Gasteiger partial charge in [0.15, 0.2) is 9.84 Å². The molecule has 0 atom stereocenters. The van der Waals surface area contributed by atoms with E-state index in [-0.39, 0.29) is 21.4 Å². The van der Waals surface area contributed by atoms with Gasteiger partial charge < -0.3 is 10.6 Å². The molecule has 2 amide bonds. The topological polar surface area (TPSA) is 92.3 Å². The lowest BCUT2D eigenvalue weighted by atomic mass is 10.1. The molecule has 0 unspecified atom stereocenters. The van der Waals surface area contributed by atoms with E-state index in [0.717, 1.165) is 6.26 Å². The van der Waals surface area contributed by atoms with Gasteiger partial charge in [-0.1, -0.05) is 17.7 Å². The molecule has 0 radical (unpaired) electrons. The molecule has 0 aliphatic heterocycles. The highest BCUT2D eigenvalue weighted by Gasteiger charge is 2.17. The average Bonchev–Trinajstić information content (AvgIpc) is 2.50. The van der Waals surface area contributed by atoms with E-state index < -0.39 is 15.7 Å². The molecule has 132 valence electrons. The van der Waals surface area contributed by atoms with Crippen LogP contribution in [0.3, 0.4) is 0 Å². The molecule has 6 nitrogen and oxygen atoms in total. The zero-order valence-electron chi connectivity index (χ0n) is 13.9. The molecule has 8 heteroatoms. The Labute approximate surface area is 151 Å². The lowest BCUT2D eigenvalue weighted by Gasteiger charge is -2.13. The van der Waals surface area contributed by atoms with Gasteiger partial charge >= 0.3 is 0 Å². The van der Waals surface area contributed by atoms with Crippen LogP contribution in [0.1, 0.15) is 22.8 Å². The molecular formula is C17H17ClN2O4S. The summed E-state index contributed by atoms with van der Waals surface area (Å²) in [5.41, 5.74) is 1.77. The number of carbonyl (C=O) groups excluding carboxylic acids is 2. The smallest absolute Gasteiger partial charge is 0.257 e. The van der Waals surface area contributed by atoms with Crippen LogP contribution >= 0.6 is 11.6 Å². The van der Waals surface area contributed by atoms with Gasteiger partial charge in [0.1, 0.15) is 0 Å². The van der Waals surface area contributed by atoms with Gasteiger partial charge in [0.25, 0.3) is 5.91 Å². The number of carbonyl (C=O) groups is 2. The molecule has 2 aromatic rings. The Bertz CT molecular complexity index is 955. The van der Waals surface area contributed by atoms with Crippen LogP contribution in [0.4, 0.5) is 11.4 Å². The summed E-state index contributed by atoms with van der Waals surface area (Å²) in [7, 11) is -3.46. The second-order valence-corrected chi connectivity index (χ2v) is 7.95. The first-order chi connectivity index (χ1) is 11.6. The van der Waals surface area contributed by atoms with Gasteiger partial charge in [0.05, 0.1) is 15.5 Å². The molecule has 25 heavy (non-hydrogen) atoms. The number of benzene rings is 2. The van der Waals surface area contributed by atoms with Crippen LogP contribution in [0.15, 0.2) is 41.3 Å². The maximum absolute atomic E-state index is 12.5. The Morgan fingerprint density at radius 2 is 1.64 bits per heavy atom. The van der Waals surface area contributed by atoms with E-state index in [2.05, 4.69) is 10.6 Å². The summed E-state index contributed by atoms with van der Waals surface area (Å²) in [4.78, 5) is 23.8. The number of halogens is 1. The van der Waals surface area contributed by atoms with Gasteiger partial charge in [-0.05, 0) is 42.8 Å². The fourth-order valence-corrected chi connectivity index (χ4v) is 3.05. The lowest BCUT2D eigenvalue weighted by Crippen LogP contribution is -2.15. The van der Waals surface area contributed by atoms with Gasteiger partial charge in [0.2, 0.25) is 5.91 Å². The number of rotatable bonds is 4. The second-order valence-electron chi connectivity index (χ2n) is 5.53. The van der Waals surface area contributed by atoms with Crippen LogP contribution in [-0.2, 0) is 14.6 Å². The molecule has 0 aliphatic carbocycles. The largest absolute Gasteiger partial charge is 0.326 e. The highest BCUT2D eigenvalue weighted by molar-refractivity contribution is 7.90. The van der Waals surface area contributed by atoms with E-state index >= 15 is 0 Å². The maximum Gasteiger partial charge on any atom is 0.257 e. The minimum absolute atomic E-state index is 0.00534. The number of anilines is 2. The molecule has 2 rings (SSSR count). The van der Waals surface area contributed by atoms with Crippen molar-refractivity contribution < 1.29 is 18.0 Å². The zero-order chi connectivity index (χ0) is 18.8. The van der Waals surface area contributed by atoms with Crippen LogP contribution in [0.5, 0.6) is 0 Å². The van der Waals surface area contributed by atoms with Crippen molar-refractivity contribution in [1.82, 2.24) is 0 Å². The zero-order valence-corrected chi connectivity index (χ0v) is 15.5. The minimum atomic E-state index is -3.46. The summed E-state index contributed by atoms with van der Waals surface area (Å²) >= 11 is 6.03. The minimum Gasteiger partial charge on any atom is -0.326 e. The van der Waals surface area contributed by atoms with Gasteiger partial charge in [-0.15, -0.1) is 0 Å². The van der Waals surface area contributed by atoms with Crippen molar-refractivity contribution in [2.45, 2.75) is 18.7 Å². The number of hydrogen-bond acceptors (Lipinski definition) is 4. The Hall–Kier alpha value is -2.38. The Kier molecular flexibility index (Phi) is 5.49. The molecular weight excluding hydrogens is 364 g/mol. The summed E-state index contributed by atoms with van der Waals surface area (Å²) < 4.78 is 23.3. The van der Waals surface area contributed by atoms with Gasteiger partial charge in [0, 0.05) is 24.6 Å². The predicted molar refractivity (Wildman–Crippen MR) is 98.0 cm³/mol. The molecule has 0 aliphatic rings. The molecule has 2 aromatic carbocycles. The van der Waals surface area contributed by atoms with E-state index in [1.54, 1.807) is 25.1 Å². The first-order valence-electron chi connectivity index (χ1n) is 7.27. The van der Waals surface area contributed by atoms with E-state index in [9.17, 15) is 18.0 Å². The molecule has 0 aromatic heterocycles. The van der Waals surface area contributed by atoms with E-state index in [1.165, 1.54) is 25.1 Å². The summed E-state index contributed by atoms with van der Waals surface area (Å²) in [6.45, 7) is 3.14. The van der Waals surface area contributed by atoms with Crippen molar-refractivity contribution >= 4 is 44.6 Å². The van der Waals surface area contributed by atoms with Crippen LogP contribution in [-0.4, -0.2) is 26.5 Å². The number of sulfone groups is 1. The Balaban J connectivity index is 2.36. The maximum atomic E-state index is 12.5. The lowest BCUT2D eigenvalue weighted by molar-refractivity contribution is -0.114. The normalized spacial score (nSPS) is 11.0. The quantitative estimate of drug-likeness (QED) is 0.851. The molecule has 0 saturated heterocycles. The highest BCUT2D eigenvalue weighted by atomic mass is 35.5. The number of amides is 2. The van der Waals surface area contributed by atoms with Gasteiger partial charge in [-0.25, -0.2) is 8.42 Å². The average molecular weight is 381 g/mol. The van der Waals surface area contributed by atoms with Crippen molar-refractivity contribution in [3.8, 4) is 0 Å². The third kappa shape index (κ3) is 4.58. The summed E-state index contributed by atoms with van der Waals surface area (Å²) in [5.74, 6) is -0.769. The SMILES string of the molecule is CC(=O)Nc1cccc(NC(=O)c2cc(S(C)(=O)=O)ccc2Cl)c1C.